The highest BCUT2D eigenvalue weighted by molar-refractivity contribution is 6.13. The molecule has 0 aliphatic carbocycles. The molecule has 0 atom stereocenters. The fraction of sp³-hybridized carbons (Fsp3) is 0.0769. The zero-order valence-corrected chi connectivity index (χ0v) is 11.4. The van der Waals surface area contributed by atoms with E-state index in [-0.39, 0.29) is 11.5 Å². The smallest absolute Gasteiger partial charge is 0.326 e. The number of carbonyl (C=O) groups is 2. The van der Waals surface area contributed by atoms with Gasteiger partial charge in [-0.25, -0.2) is 10.6 Å². The molecule has 0 fully saturated rings. The third-order valence-electron chi connectivity index (χ3n) is 2.75. The molecule has 0 aromatic heterocycles. The second kappa shape index (κ2) is 6.44. The number of nitrogens with one attached hydrogen (secondary N) is 1. The molecule has 21 heavy (non-hydrogen) atoms. The molecule has 0 heterocycles. The van der Waals surface area contributed by atoms with E-state index >= 15 is 0 Å². The maximum atomic E-state index is 11.4. The van der Waals surface area contributed by atoms with Gasteiger partial charge in [0.2, 0.25) is 0 Å². The molecular formula is C13H17N5O3. The Morgan fingerprint density at radius 1 is 1.14 bits per heavy atom. The lowest BCUT2D eigenvalue weighted by Gasteiger charge is -2.09. The van der Waals surface area contributed by atoms with Gasteiger partial charge in [0.25, 0.3) is 0 Å². The van der Waals surface area contributed by atoms with Crippen LogP contribution in [-0.4, -0.2) is 16.9 Å². The topological polar surface area (TPSA) is 170 Å². The van der Waals surface area contributed by atoms with Gasteiger partial charge in [0.05, 0.1) is 11.4 Å². The lowest BCUT2D eigenvalue weighted by Crippen LogP contribution is -2.34. The Morgan fingerprint density at radius 3 is 2.19 bits per heavy atom. The number of carbonyl (C=O) groups excluding carboxylic acids is 2. The largest absolute Gasteiger partial charge is 0.507 e. The molecule has 0 unspecified atom stereocenters. The third kappa shape index (κ3) is 3.51. The first-order chi connectivity index (χ1) is 9.79. The quantitative estimate of drug-likeness (QED) is 0.146. The van der Waals surface area contributed by atoms with Crippen LogP contribution in [0, 0.1) is 0 Å². The molecule has 0 saturated heterocycles. The van der Waals surface area contributed by atoms with Gasteiger partial charge in [0, 0.05) is 10.9 Å². The van der Waals surface area contributed by atoms with Gasteiger partial charge in [-0.05, 0) is 30.5 Å². The molecule has 8 heteroatoms. The summed E-state index contributed by atoms with van der Waals surface area (Å²) in [6.45, 7) is 1.47. The maximum Gasteiger partial charge on any atom is 0.326 e. The zero-order chi connectivity index (χ0) is 16.2. The first-order valence-electron chi connectivity index (χ1n) is 5.86. The minimum Gasteiger partial charge on any atom is -0.507 e. The van der Waals surface area contributed by atoms with Gasteiger partial charge in [-0.1, -0.05) is 6.07 Å². The monoisotopic (exact) mass is 291 g/mol. The van der Waals surface area contributed by atoms with Crippen LogP contribution in [0.2, 0.25) is 0 Å². The van der Waals surface area contributed by atoms with Crippen molar-refractivity contribution in [2.75, 3.05) is 11.5 Å². The van der Waals surface area contributed by atoms with Crippen LogP contribution >= 0.6 is 0 Å². The van der Waals surface area contributed by atoms with Crippen molar-refractivity contribution in [1.82, 2.24) is 5.43 Å². The summed E-state index contributed by atoms with van der Waals surface area (Å²) >= 11 is 0. The van der Waals surface area contributed by atoms with Crippen molar-refractivity contribution in [3.63, 3.8) is 0 Å². The summed E-state index contributed by atoms with van der Waals surface area (Å²) in [5, 5.41) is 10.8. The number of nitrogen functional groups attached to an aromatic ring is 2. The fourth-order valence-corrected chi connectivity index (χ4v) is 1.78. The Hall–Kier alpha value is -3.00. The van der Waals surface area contributed by atoms with Gasteiger partial charge in [0.1, 0.15) is 5.75 Å². The number of nitrogens with two attached hydrogens (primary N) is 4. The fourth-order valence-electron chi connectivity index (χ4n) is 1.78. The van der Waals surface area contributed by atoms with Crippen LogP contribution < -0.4 is 28.5 Å². The summed E-state index contributed by atoms with van der Waals surface area (Å²) in [5.41, 5.74) is 18.8. The molecule has 0 saturated carbocycles. The average molecular weight is 291 g/mol. The normalized spacial score (nSPS) is 9.62. The molecule has 2 aromatic rings. The van der Waals surface area contributed by atoms with E-state index in [1.165, 1.54) is 13.0 Å². The Morgan fingerprint density at radius 2 is 1.71 bits per heavy atom. The van der Waals surface area contributed by atoms with Gasteiger partial charge in [-0.15, -0.1) is 0 Å². The molecular weight excluding hydrogens is 274 g/mol. The van der Waals surface area contributed by atoms with Crippen LogP contribution in [0.5, 0.6) is 5.75 Å². The van der Waals surface area contributed by atoms with E-state index < -0.39 is 6.03 Å². The van der Waals surface area contributed by atoms with Crippen LogP contribution in [0.4, 0.5) is 16.2 Å². The van der Waals surface area contributed by atoms with Crippen molar-refractivity contribution < 1.29 is 14.7 Å². The summed E-state index contributed by atoms with van der Waals surface area (Å²) in [4.78, 5) is 20.8. The number of phenolic OH excluding ortho intramolecular Hbond substituents is 1. The number of aromatic hydroxyl groups is 1. The SMILES string of the molecule is CC(=O)c1ccc(O)c2c(N)c(N)ccc12.NNC(N)=O. The maximum absolute atomic E-state index is 11.4. The Kier molecular flexibility index (Phi) is 4.92. The predicted octanol–water partition coefficient (Wildman–Crippen LogP) is 0.441. The summed E-state index contributed by atoms with van der Waals surface area (Å²) < 4.78 is 0. The summed E-state index contributed by atoms with van der Waals surface area (Å²) in [5.74, 6) is 4.40. The van der Waals surface area contributed by atoms with E-state index in [2.05, 4.69) is 11.6 Å². The minimum atomic E-state index is -0.718. The van der Waals surface area contributed by atoms with Crippen molar-refractivity contribution in [2.45, 2.75) is 6.92 Å². The molecule has 10 N–H and O–H groups in total. The highest BCUT2D eigenvalue weighted by atomic mass is 16.3. The van der Waals surface area contributed by atoms with Crippen LogP contribution in [0.15, 0.2) is 24.3 Å². The van der Waals surface area contributed by atoms with Crippen LogP contribution in [0.3, 0.4) is 0 Å². The molecule has 0 spiro atoms. The molecule has 0 aliphatic rings. The number of phenols is 1. The number of hydrazine groups is 1. The van der Waals surface area contributed by atoms with E-state index in [1.54, 1.807) is 23.6 Å². The first kappa shape index (κ1) is 16.1. The van der Waals surface area contributed by atoms with E-state index in [4.69, 9.17) is 11.5 Å². The Bertz CT molecular complexity index is 700. The second-order valence-electron chi connectivity index (χ2n) is 4.19. The highest BCUT2D eigenvalue weighted by Gasteiger charge is 2.12. The number of rotatable bonds is 1. The van der Waals surface area contributed by atoms with Crippen LogP contribution in [0.1, 0.15) is 17.3 Å². The summed E-state index contributed by atoms with van der Waals surface area (Å²) in [6, 6.07) is 5.64. The van der Waals surface area contributed by atoms with Gasteiger partial charge < -0.3 is 22.3 Å². The van der Waals surface area contributed by atoms with Crippen LogP contribution in [-0.2, 0) is 0 Å². The number of fused-ring (bicyclic) bond motifs is 1. The third-order valence-corrected chi connectivity index (χ3v) is 2.75. The number of hydrogen-bond acceptors (Lipinski definition) is 6. The van der Waals surface area contributed by atoms with Gasteiger partial charge in [-0.2, -0.15) is 0 Å². The predicted molar refractivity (Wildman–Crippen MR) is 81.3 cm³/mol. The lowest BCUT2D eigenvalue weighted by atomic mass is 9.99. The molecule has 2 aromatic carbocycles. The number of anilines is 2. The zero-order valence-electron chi connectivity index (χ0n) is 11.4. The number of hydrogen-bond donors (Lipinski definition) is 6. The Labute approximate surface area is 120 Å². The van der Waals surface area contributed by atoms with Crippen molar-refractivity contribution in [2.24, 2.45) is 11.6 Å². The molecule has 0 radical (unpaired) electrons. The number of benzene rings is 2. The van der Waals surface area contributed by atoms with Crippen molar-refractivity contribution in [3.05, 3.63) is 29.8 Å². The van der Waals surface area contributed by atoms with E-state index in [0.29, 0.717) is 27.7 Å². The molecule has 0 aliphatic heterocycles. The van der Waals surface area contributed by atoms with Gasteiger partial charge in [-0.3, -0.25) is 10.2 Å². The van der Waals surface area contributed by atoms with Gasteiger partial charge in [0.15, 0.2) is 5.78 Å². The Balaban J connectivity index is 0.000000383. The molecule has 2 rings (SSSR count). The van der Waals surface area contributed by atoms with Gasteiger partial charge >= 0.3 is 6.03 Å². The molecule has 0 bridgehead atoms. The number of primary amides is 1. The van der Waals surface area contributed by atoms with Crippen molar-refractivity contribution >= 4 is 34.0 Å². The van der Waals surface area contributed by atoms with E-state index in [9.17, 15) is 14.7 Å². The molecule has 112 valence electrons. The number of Topliss-reactive ketones (excluding diaryl/α,β-unsaturated/α-hetero) is 1. The first-order valence-corrected chi connectivity index (χ1v) is 5.86. The van der Waals surface area contributed by atoms with E-state index in [1.807, 2.05) is 0 Å². The van der Waals surface area contributed by atoms with Crippen molar-refractivity contribution in [3.8, 4) is 5.75 Å². The average Bonchev–Trinajstić information content (AvgIpc) is 2.43. The molecule has 8 nitrogen and oxygen atoms in total. The van der Waals surface area contributed by atoms with Crippen molar-refractivity contribution in [1.29, 1.82) is 0 Å². The molecule has 2 amide bonds. The highest BCUT2D eigenvalue weighted by Crippen LogP contribution is 2.35. The number of urea groups is 1. The van der Waals surface area contributed by atoms with E-state index in [0.717, 1.165) is 0 Å². The lowest BCUT2D eigenvalue weighted by molar-refractivity contribution is 0.101. The second-order valence-corrected chi connectivity index (χ2v) is 4.19. The number of amides is 2. The standard InChI is InChI=1S/C12H12N2O2.CH5N3O/c1-6(15)7-3-5-10(16)11-8(7)2-4-9(13)12(11)14;2-1(5)4-3/h2-5,16H,13-14H2,1H3;3H2,(H3,2,4,5). The summed E-state index contributed by atoms with van der Waals surface area (Å²) in [7, 11) is 0. The summed E-state index contributed by atoms with van der Waals surface area (Å²) in [6.07, 6.45) is 0. The minimum absolute atomic E-state index is 0.0322. The van der Waals surface area contributed by atoms with Crippen LogP contribution in [0.25, 0.3) is 10.8 Å². The number of ketones is 1.